The van der Waals surface area contributed by atoms with Crippen molar-refractivity contribution in [2.75, 3.05) is 0 Å². The first-order chi connectivity index (χ1) is 6.36. The quantitative estimate of drug-likeness (QED) is 0.555. The lowest BCUT2D eigenvalue weighted by molar-refractivity contribution is -0.138. The van der Waals surface area contributed by atoms with E-state index in [0.717, 1.165) is 0 Å². The number of hydrogen-bond acceptors (Lipinski definition) is 3. The lowest BCUT2D eigenvalue weighted by atomic mass is 10.1. The Labute approximate surface area is 77.3 Å². The Bertz CT molecular complexity index is 305. The molecule has 0 fully saturated rings. The third kappa shape index (κ3) is 3.65. The summed E-state index contributed by atoms with van der Waals surface area (Å²) in [5.41, 5.74) is -1.04. The van der Waals surface area contributed by atoms with Gasteiger partial charge < -0.3 is 15.3 Å². The average molecular weight is 206 g/mol. The Balaban J connectivity index is 4.77. The molecule has 0 heterocycles. The number of carbonyl (C=O) groups is 3. The molecule has 0 aromatic rings. The summed E-state index contributed by atoms with van der Waals surface area (Å²) in [6.07, 6.45) is -1.30. The fraction of sp³-hybridized carbons (Fsp3) is 0.286. The number of rotatable bonds is 5. The first-order valence-electron chi connectivity index (χ1n) is 3.43. The Morgan fingerprint density at radius 2 is 1.43 bits per heavy atom. The molecule has 78 valence electrons. The van der Waals surface area contributed by atoms with Crippen LogP contribution in [0.1, 0.15) is 12.8 Å². The van der Waals surface area contributed by atoms with E-state index in [1.807, 2.05) is 0 Å². The molecule has 6 nitrogen and oxygen atoms in total. The van der Waals surface area contributed by atoms with Crippen LogP contribution in [0, 0.1) is 0 Å². The highest BCUT2D eigenvalue weighted by atomic mass is 19.1. The molecule has 0 radical (unpaired) electrons. The molecule has 0 saturated carbocycles. The molecular weight excluding hydrogens is 199 g/mol. The summed E-state index contributed by atoms with van der Waals surface area (Å²) >= 11 is 0. The molecule has 0 aromatic carbocycles. The van der Waals surface area contributed by atoms with Crippen molar-refractivity contribution >= 4 is 17.9 Å². The number of halogens is 1. The molecule has 0 amide bonds. The Hall–Kier alpha value is -1.92. The van der Waals surface area contributed by atoms with Crippen LogP contribution in [0.5, 0.6) is 0 Å². The SMILES string of the molecule is O=C(O)CC/C(C(=O)O)=C(\F)C(=O)O. The second-order valence-electron chi connectivity index (χ2n) is 2.30. The second-order valence-corrected chi connectivity index (χ2v) is 2.30. The highest BCUT2D eigenvalue weighted by Gasteiger charge is 2.20. The molecule has 14 heavy (non-hydrogen) atoms. The van der Waals surface area contributed by atoms with E-state index in [2.05, 4.69) is 0 Å². The number of carboxylic acids is 3. The Morgan fingerprint density at radius 1 is 0.929 bits per heavy atom. The van der Waals surface area contributed by atoms with Gasteiger partial charge in [-0.05, 0) is 6.42 Å². The zero-order valence-corrected chi connectivity index (χ0v) is 6.86. The van der Waals surface area contributed by atoms with E-state index in [9.17, 15) is 18.8 Å². The van der Waals surface area contributed by atoms with Crippen LogP contribution in [0.2, 0.25) is 0 Å². The minimum Gasteiger partial charge on any atom is -0.481 e. The normalized spacial score (nSPS) is 11.8. The smallest absolute Gasteiger partial charge is 0.365 e. The summed E-state index contributed by atoms with van der Waals surface area (Å²) in [5.74, 6) is -6.96. The zero-order valence-electron chi connectivity index (χ0n) is 6.86. The van der Waals surface area contributed by atoms with Gasteiger partial charge in [-0.15, -0.1) is 0 Å². The first-order valence-corrected chi connectivity index (χ1v) is 3.43. The van der Waals surface area contributed by atoms with E-state index >= 15 is 0 Å². The standard InChI is InChI=1S/C7H7FO6/c8-5(7(13)14)3(6(11)12)1-2-4(9)10/h1-2H2,(H,9,10)(H,11,12)(H,13,14)/b5-3+. The number of hydrogen-bond donors (Lipinski definition) is 3. The van der Waals surface area contributed by atoms with Crippen LogP contribution >= 0.6 is 0 Å². The molecule has 0 rings (SSSR count). The Morgan fingerprint density at radius 3 is 1.71 bits per heavy atom. The molecule has 0 aromatic heterocycles. The van der Waals surface area contributed by atoms with Crippen LogP contribution in [0.3, 0.4) is 0 Å². The van der Waals surface area contributed by atoms with Gasteiger partial charge in [0.2, 0.25) is 5.83 Å². The lowest BCUT2D eigenvalue weighted by Crippen LogP contribution is -2.10. The molecule has 0 aliphatic carbocycles. The van der Waals surface area contributed by atoms with Crippen LogP contribution in [0.15, 0.2) is 11.4 Å². The summed E-state index contributed by atoms with van der Waals surface area (Å²) < 4.78 is 12.6. The summed E-state index contributed by atoms with van der Waals surface area (Å²) in [6, 6.07) is 0. The molecule has 0 unspecified atom stereocenters. The molecule has 0 atom stereocenters. The highest BCUT2D eigenvalue weighted by molar-refractivity contribution is 5.97. The maximum absolute atomic E-state index is 12.6. The van der Waals surface area contributed by atoms with Gasteiger partial charge in [-0.25, -0.2) is 9.59 Å². The van der Waals surface area contributed by atoms with E-state index in [0.29, 0.717) is 0 Å². The number of aliphatic carboxylic acids is 3. The molecule has 3 N–H and O–H groups in total. The van der Waals surface area contributed by atoms with E-state index in [1.54, 1.807) is 0 Å². The summed E-state index contributed by atoms with van der Waals surface area (Å²) in [5, 5.41) is 24.7. The maximum atomic E-state index is 12.6. The monoisotopic (exact) mass is 206 g/mol. The third-order valence-electron chi connectivity index (χ3n) is 1.30. The van der Waals surface area contributed by atoms with E-state index in [4.69, 9.17) is 15.3 Å². The van der Waals surface area contributed by atoms with Gasteiger partial charge in [0.25, 0.3) is 0 Å². The Kier molecular flexibility index (Phi) is 4.27. The van der Waals surface area contributed by atoms with Crippen LogP contribution in [-0.4, -0.2) is 33.2 Å². The van der Waals surface area contributed by atoms with Crippen molar-refractivity contribution in [3.05, 3.63) is 11.4 Å². The van der Waals surface area contributed by atoms with Crippen molar-refractivity contribution in [2.45, 2.75) is 12.8 Å². The van der Waals surface area contributed by atoms with Crippen molar-refractivity contribution in [2.24, 2.45) is 0 Å². The van der Waals surface area contributed by atoms with Gasteiger partial charge in [0.05, 0.1) is 5.57 Å². The van der Waals surface area contributed by atoms with Crippen molar-refractivity contribution in [3.8, 4) is 0 Å². The van der Waals surface area contributed by atoms with E-state index < -0.39 is 42.1 Å². The summed E-state index contributed by atoms with van der Waals surface area (Å²) in [7, 11) is 0. The number of carboxylic acid groups (broad SMARTS) is 3. The van der Waals surface area contributed by atoms with Gasteiger partial charge in [-0.2, -0.15) is 4.39 Å². The van der Waals surface area contributed by atoms with Gasteiger partial charge in [0.15, 0.2) is 0 Å². The van der Waals surface area contributed by atoms with Gasteiger partial charge in [-0.1, -0.05) is 0 Å². The van der Waals surface area contributed by atoms with Gasteiger partial charge in [0.1, 0.15) is 0 Å². The first kappa shape index (κ1) is 12.1. The van der Waals surface area contributed by atoms with Crippen molar-refractivity contribution < 1.29 is 34.1 Å². The molecule has 7 heteroatoms. The predicted molar refractivity (Wildman–Crippen MR) is 40.3 cm³/mol. The predicted octanol–water partition coefficient (Wildman–Crippen LogP) is 0.244. The van der Waals surface area contributed by atoms with Crippen LogP contribution in [-0.2, 0) is 14.4 Å². The van der Waals surface area contributed by atoms with E-state index in [1.165, 1.54) is 0 Å². The lowest BCUT2D eigenvalue weighted by Gasteiger charge is -1.99. The second kappa shape index (κ2) is 4.95. The van der Waals surface area contributed by atoms with Gasteiger partial charge in [0, 0.05) is 6.42 Å². The maximum Gasteiger partial charge on any atom is 0.365 e. The molecular formula is C7H7FO6. The van der Waals surface area contributed by atoms with E-state index in [-0.39, 0.29) is 0 Å². The minimum atomic E-state index is -2.02. The summed E-state index contributed by atoms with van der Waals surface area (Å²) in [6.45, 7) is 0. The molecule has 0 spiro atoms. The fourth-order valence-electron chi connectivity index (χ4n) is 0.672. The highest BCUT2D eigenvalue weighted by Crippen LogP contribution is 2.13. The fourth-order valence-corrected chi connectivity index (χ4v) is 0.672. The zero-order chi connectivity index (χ0) is 11.3. The average Bonchev–Trinajstić information content (AvgIpc) is 2.02. The minimum absolute atomic E-state index is 0.637. The van der Waals surface area contributed by atoms with Crippen molar-refractivity contribution in [3.63, 3.8) is 0 Å². The van der Waals surface area contributed by atoms with Crippen LogP contribution in [0.25, 0.3) is 0 Å². The summed E-state index contributed by atoms with van der Waals surface area (Å²) in [4.78, 5) is 30.4. The topological polar surface area (TPSA) is 112 Å². The van der Waals surface area contributed by atoms with Crippen LogP contribution in [0.4, 0.5) is 4.39 Å². The molecule has 0 aliphatic rings. The molecule has 0 saturated heterocycles. The third-order valence-corrected chi connectivity index (χ3v) is 1.30. The van der Waals surface area contributed by atoms with Crippen molar-refractivity contribution in [1.82, 2.24) is 0 Å². The molecule has 0 aliphatic heterocycles. The van der Waals surface area contributed by atoms with Crippen LogP contribution < -0.4 is 0 Å². The van der Waals surface area contributed by atoms with Crippen molar-refractivity contribution in [1.29, 1.82) is 0 Å². The largest absolute Gasteiger partial charge is 0.481 e. The van der Waals surface area contributed by atoms with Gasteiger partial charge >= 0.3 is 17.9 Å². The molecule has 0 bridgehead atoms. The van der Waals surface area contributed by atoms with Gasteiger partial charge in [-0.3, -0.25) is 4.79 Å².